The van der Waals surface area contributed by atoms with Gasteiger partial charge < -0.3 is 10.1 Å². The van der Waals surface area contributed by atoms with Crippen LogP contribution in [0.2, 0.25) is 5.02 Å². The number of methoxy groups -OCH3 is 1. The Bertz CT molecular complexity index is 997. The van der Waals surface area contributed by atoms with E-state index in [4.69, 9.17) is 16.3 Å². The summed E-state index contributed by atoms with van der Waals surface area (Å²) < 4.78 is 5.50. The van der Waals surface area contributed by atoms with Gasteiger partial charge in [0, 0.05) is 29.9 Å². The number of nitro groups is 1. The van der Waals surface area contributed by atoms with E-state index < -0.39 is 4.92 Å². The summed E-state index contributed by atoms with van der Waals surface area (Å²) >= 11 is 5.83. The van der Waals surface area contributed by atoms with E-state index in [1.165, 1.54) is 24.3 Å². The molecule has 1 amide bonds. The summed E-state index contributed by atoms with van der Waals surface area (Å²) in [6.45, 7) is 9.78. The Kier molecular flexibility index (Phi) is 9.88. The molecule has 2 rings (SSSR count). The summed E-state index contributed by atoms with van der Waals surface area (Å²) in [5, 5.41) is 13.9. The van der Waals surface area contributed by atoms with Gasteiger partial charge in [0.25, 0.3) is 5.69 Å². The minimum Gasteiger partial charge on any atom is -0.496 e. The van der Waals surface area contributed by atoms with Crippen LogP contribution in [0.15, 0.2) is 42.5 Å². The standard InChI is InChI=1S/C25H32ClN3O4/c1-17(2)28(18(3)4)14-6-7-20-16-21(10-12-24(20)33-5)27-25(30)13-9-19-8-11-22(26)23(15-19)29(31)32/h8-13,15-18H,6-7,14H2,1-5H3,(H,27,30)/b13-9+. The van der Waals surface area contributed by atoms with E-state index in [2.05, 4.69) is 37.9 Å². The Balaban J connectivity index is 2.06. The predicted octanol–water partition coefficient (Wildman–Crippen LogP) is 5.96. The van der Waals surface area contributed by atoms with Crippen LogP contribution in [-0.2, 0) is 11.2 Å². The molecule has 0 aliphatic rings. The highest BCUT2D eigenvalue weighted by molar-refractivity contribution is 6.32. The maximum Gasteiger partial charge on any atom is 0.288 e. The lowest BCUT2D eigenvalue weighted by Gasteiger charge is -2.30. The summed E-state index contributed by atoms with van der Waals surface area (Å²) in [6, 6.07) is 10.9. The normalized spacial score (nSPS) is 11.5. The highest BCUT2D eigenvalue weighted by Crippen LogP contribution is 2.26. The fraction of sp³-hybridized carbons (Fsp3) is 0.400. The first-order valence-electron chi connectivity index (χ1n) is 11.0. The van der Waals surface area contributed by atoms with Crippen molar-refractivity contribution in [2.45, 2.75) is 52.6 Å². The molecule has 2 aromatic carbocycles. The van der Waals surface area contributed by atoms with Crippen LogP contribution in [0.5, 0.6) is 5.75 Å². The molecule has 0 heterocycles. The zero-order chi connectivity index (χ0) is 24.5. The molecule has 0 fully saturated rings. The van der Waals surface area contributed by atoms with Crippen LogP contribution in [-0.4, -0.2) is 41.5 Å². The minimum absolute atomic E-state index is 0.0530. The third-order valence-corrected chi connectivity index (χ3v) is 5.65. The molecule has 0 bridgehead atoms. The van der Waals surface area contributed by atoms with Crippen LogP contribution < -0.4 is 10.1 Å². The van der Waals surface area contributed by atoms with Gasteiger partial charge in [0.2, 0.25) is 5.91 Å². The van der Waals surface area contributed by atoms with Gasteiger partial charge in [0.15, 0.2) is 0 Å². The van der Waals surface area contributed by atoms with E-state index in [-0.39, 0.29) is 16.6 Å². The number of hydrogen-bond donors (Lipinski definition) is 1. The number of amides is 1. The van der Waals surface area contributed by atoms with Gasteiger partial charge in [-0.2, -0.15) is 0 Å². The Morgan fingerprint density at radius 1 is 1.18 bits per heavy atom. The van der Waals surface area contributed by atoms with Gasteiger partial charge in [-0.15, -0.1) is 0 Å². The molecule has 0 aliphatic carbocycles. The Morgan fingerprint density at radius 2 is 1.88 bits per heavy atom. The first-order chi connectivity index (χ1) is 15.6. The van der Waals surface area contributed by atoms with E-state index in [1.54, 1.807) is 19.2 Å². The van der Waals surface area contributed by atoms with Crippen molar-refractivity contribution in [2.24, 2.45) is 0 Å². The number of benzene rings is 2. The third-order valence-electron chi connectivity index (χ3n) is 5.33. The van der Waals surface area contributed by atoms with E-state index >= 15 is 0 Å². The van der Waals surface area contributed by atoms with Crippen molar-refractivity contribution < 1.29 is 14.5 Å². The molecule has 7 nitrogen and oxygen atoms in total. The second-order valence-corrected chi connectivity index (χ2v) is 8.75. The molecule has 0 radical (unpaired) electrons. The van der Waals surface area contributed by atoms with Gasteiger partial charge in [0.05, 0.1) is 12.0 Å². The largest absolute Gasteiger partial charge is 0.496 e. The van der Waals surface area contributed by atoms with Gasteiger partial charge in [-0.25, -0.2) is 0 Å². The fourth-order valence-electron chi connectivity index (χ4n) is 3.75. The summed E-state index contributed by atoms with van der Waals surface area (Å²) in [7, 11) is 1.64. The smallest absolute Gasteiger partial charge is 0.288 e. The van der Waals surface area contributed by atoms with Gasteiger partial charge >= 0.3 is 0 Å². The SMILES string of the molecule is COc1ccc(NC(=O)/C=C/c2ccc(Cl)c([N+](=O)[O-])c2)cc1CCCN(C(C)C)C(C)C. The number of carbonyl (C=O) groups excluding carboxylic acids is 1. The van der Waals surface area contributed by atoms with E-state index in [0.29, 0.717) is 23.3 Å². The number of nitrogens with one attached hydrogen (secondary N) is 1. The highest BCUT2D eigenvalue weighted by atomic mass is 35.5. The molecule has 0 atom stereocenters. The predicted molar refractivity (Wildman–Crippen MR) is 134 cm³/mol. The molecule has 0 aliphatic heterocycles. The molecule has 0 saturated carbocycles. The Morgan fingerprint density at radius 3 is 2.48 bits per heavy atom. The van der Waals surface area contributed by atoms with E-state index in [9.17, 15) is 14.9 Å². The van der Waals surface area contributed by atoms with Crippen LogP contribution in [0.25, 0.3) is 6.08 Å². The average molecular weight is 474 g/mol. The molecule has 0 unspecified atom stereocenters. The summed E-state index contributed by atoms with van der Waals surface area (Å²) in [6.07, 6.45) is 4.64. The number of nitro benzene ring substituents is 1. The zero-order valence-corrected chi connectivity index (χ0v) is 20.6. The van der Waals surface area contributed by atoms with Crippen molar-refractivity contribution in [1.29, 1.82) is 0 Å². The van der Waals surface area contributed by atoms with Crippen molar-refractivity contribution in [2.75, 3.05) is 19.0 Å². The first-order valence-corrected chi connectivity index (χ1v) is 11.4. The molecule has 0 aromatic heterocycles. The van der Waals surface area contributed by atoms with Crippen molar-refractivity contribution >= 4 is 35.0 Å². The second kappa shape index (κ2) is 12.4. The molecule has 8 heteroatoms. The number of rotatable bonds is 11. The van der Waals surface area contributed by atoms with Gasteiger partial charge in [-0.05, 0) is 88.5 Å². The molecule has 0 saturated heterocycles. The minimum atomic E-state index is -0.555. The Hall–Kier alpha value is -2.90. The van der Waals surface area contributed by atoms with Crippen LogP contribution in [0.1, 0.15) is 45.2 Å². The van der Waals surface area contributed by atoms with Crippen LogP contribution in [0.4, 0.5) is 11.4 Å². The maximum atomic E-state index is 12.4. The number of aryl methyl sites for hydroxylation is 1. The summed E-state index contributed by atoms with van der Waals surface area (Å²) in [4.78, 5) is 25.3. The van der Waals surface area contributed by atoms with Crippen molar-refractivity contribution in [3.8, 4) is 5.75 Å². The molecular formula is C25H32ClN3O4. The monoisotopic (exact) mass is 473 g/mol. The molecule has 178 valence electrons. The first kappa shape index (κ1) is 26.4. The van der Waals surface area contributed by atoms with Crippen molar-refractivity contribution in [3.05, 3.63) is 68.7 Å². The quantitative estimate of drug-likeness (QED) is 0.247. The van der Waals surface area contributed by atoms with E-state index in [1.807, 2.05) is 12.1 Å². The van der Waals surface area contributed by atoms with Crippen molar-refractivity contribution in [3.63, 3.8) is 0 Å². The zero-order valence-electron chi connectivity index (χ0n) is 19.8. The number of hydrogen-bond acceptors (Lipinski definition) is 5. The van der Waals surface area contributed by atoms with Crippen LogP contribution in [0, 0.1) is 10.1 Å². The number of ether oxygens (including phenoxy) is 1. The van der Waals surface area contributed by atoms with Gasteiger partial charge in [0.1, 0.15) is 10.8 Å². The molecule has 2 aromatic rings. The molecular weight excluding hydrogens is 442 g/mol. The van der Waals surface area contributed by atoms with Gasteiger partial charge in [-0.3, -0.25) is 19.8 Å². The fourth-order valence-corrected chi connectivity index (χ4v) is 3.93. The van der Waals surface area contributed by atoms with E-state index in [0.717, 1.165) is 30.7 Å². The topological polar surface area (TPSA) is 84.7 Å². The Labute approximate surface area is 200 Å². The summed E-state index contributed by atoms with van der Waals surface area (Å²) in [5.41, 5.74) is 2.00. The number of halogens is 1. The second-order valence-electron chi connectivity index (χ2n) is 8.35. The lowest BCUT2D eigenvalue weighted by Crippen LogP contribution is -2.37. The van der Waals surface area contributed by atoms with Gasteiger partial charge in [-0.1, -0.05) is 17.7 Å². The summed E-state index contributed by atoms with van der Waals surface area (Å²) in [5.74, 6) is 0.451. The number of nitrogens with zero attached hydrogens (tertiary/aromatic N) is 2. The maximum absolute atomic E-state index is 12.4. The van der Waals surface area contributed by atoms with Crippen LogP contribution in [0.3, 0.4) is 0 Å². The molecule has 33 heavy (non-hydrogen) atoms. The molecule has 0 spiro atoms. The number of anilines is 1. The van der Waals surface area contributed by atoms with Crippen molar-refractivity contribution in [1.82, 2.24) is 4.90 Å². The molecule has 1 N–H and O–H groups in total. The number of carbonyl (C=O) groups is 1. The highest BCUT2D eigenvalue weighted by Gasteiger charge is 2.14. The average Bonchev–Trinajstić information content (AvgIpc) is 2.75. The lowest BCUT2D eigenvalue weighted by molar-refractivity contribution is -0.384. The lowest BCUT2D eigenvalue weighted by atomic mass is 10.1. The third kappa shape index (κ3) is 7.87. The van der Waals surface area contributed by atoms with Crippen LogP contribution >= 0.6 is 11.6 Å².